The Labute approximate surface area is 154 Å². The van der Waals surface area contributed by atoms with E-state index in [1.165, 1.54) is 0 Å². The lowest BCUT2D eigenvalue weighted by atomic mass is 10.0. The zero-order chi connectivity index (χ0) is 18.2. The average Bonchev–Trinajstić information content (AvgIpc) is 2.69. The van der Waals surface area contributed by atoms with Gasteiger partial charge in [-0.2, -0.15) is 0 Å². The molecule has 2 N–H and O–H groups in total. The number of ether oxygens (including phenoxy) is 2. The van der Waals surface area contributed by atoms with E-state index in [4.69, 9.17) is 15.2 Å². The molecule has 3 aromatic rings. The van der Waals surface area contributed by atoms with E-state index in [1.807, 2.05) is 67.6 Å². The fourth-order valence-electron chi connectivity index (χ4n) is 2.78. The molecule has 0 aliphatic carbocycles. The highest BCUT2D eigenvalue weighted by atomic mass is 16.5. The number of hydrogen-bond acceptors (Lipinski definition) is 4. The van der Waals surface area contributed by atoms with Gasteiger partial charge in [0.1, 0.15) is 6.61 Å². The van der Waals surface area contributed by atoms with Crippen LogP contribution in [0.2, 0.25) is 0 Å². The maximum Gasteiger partial charge on any atom is 0.161 e. The van der Waals surface area contributed by atoms with Crippen LogP contribution >= 0.6 is 0 Å². The van der Waals surface area contributed by atoms with Gasteiger partial charge in [-0.25, -0.2) is 0 Å². The molecule has 1 heterocycles. The van der Waals surface area contributed by atoms with E-state index in [0.29, 0.717) is 13.2 Å². The molecule has 0 amide bonds. The summed E-state index contributed by atoms with van der Waals surface area (Å²) in [5, 5.41) is 0. The van der Waals surface area contributed by atoms with Crippen molar-refractivity contribution >= 4 is 0 Å². The van der Waals surface area contributed by atoms with Gasteiger partial charge in [-0.05, 0) is 54.3 Å². The minimum absolute atomic E-state index is 0.0800. The molecule has 0 radical (unpaired) electrons. The molecule has 3 rings (SSSR count). The summed E-state index contributed by atoms with van der Waals surface area (Å²) in [5.41, 5.74) is 9.63. The first-order valence-electron chi connectivity index (χ1n) is 8.84. The van der Waals surface area contributed by atoms with Crippen molar-refractivity contribution in [1.29, 1.82) is 0 Å². The number of benzene rings is 2. The van der Waals surface area contributed by atoms with E-state index in [0.717, 1.165) is 34.6 Å². The molecule has 0 aliphatic rings. The molecule has 0 aliphatic heterocycles. The van der Waals surface area contributed by atoms with Gasteiger partial charge in [0, 0.05) is 18.4 Å². The van der Waals surface area contributed by atoms with Crippen LogP contribution in [-0.4, -0.2) is 11.6 Å². The predicted octanol–water partition coefficient (Wildman–Crippen LogP) is 4.30. The Kier molecular flexibility index (Phi) is 6.23. The van der Waals surface area contributed by atoms with Crippen LogP contribution < -0.4 is 15.2 Å². The second kappa shape index (κ2) is 9.02. The van der Waals surface area contributed by atoms with E-state index in [9.17, 15) is 0 Å². The molecule has 1 atom stereocenters. The standard InChI is InChI=1S/C22H24N2O2/c1-2-25-22-15-18(14-20(23)19-10-12-24-13-11-19)8-9-21(22)26-16-17-6-4-3-5-7-17/h3-13,15,20H,2,14,16,23H2,1H3. The Bertz CT molecular complexity index is 807. The molecular formula is C22H24N2O2. The number of nitrogens with zero attached hydrogens (tertiary/aromatic N) is 1. The highest BCUT2D eigenvalue weighted by Gasteiger charge is 2.11. The summed E-state index contributed by atoms with van der Waals surface area (Å²) in [7, 11) is 0. The number of pyridine rings is 1. The summed E-state index contributed by atoms with van der Waals surface area (Å²) < 4.78 is 11.7. The van der Waals surface area contributed by atoms with Gasteiger partial charge in [-0.15, -0.1) is 0 Å². The number of hydrogen-bond donors (Lipinski definition) is 1. The zero-order valence-electron chi connectivity index (χ0n) is 15.0. The monoisotopic (exact) mass is 348 g/mol. The topological polar surface area (TPSA) is 57.4 Å². The van der Waals surface area contributed by atoms with Crippen LogP contribution in [0, 0.1) is 0 Å². The van der Waals surface area contributed by atoms with Crippen LogP contribution in [0.1, 0.15) is 29.7 Å². The SMILES string of the molecule is CCOc1cc(CC(N)c2ccncc2)ccc1OCc1ccccc1. The van der Waals surface area contributed by atoms with Crippen LogP contribution in [0.3, 0.4) is 0 Å². The molecule has 2 aromatic carbocycles. The fourth-order valence-corrected chi connectivity index (χ4v) is 2.78. The van der Waals surface area contributed by atoms with Gasteiger partial charge in [0.2, 0.25) is 0 Å². The third-order valence-corrected chi connectivity index (χ3v) is 4.13. The van der Waals surface area contributed by atoms with Gasteiger partial charge in [-0.3, -0.25) is 4.98 Å². The van der Waals surface area contributed by atoms with Gasteiger partial charge in [0.15, 0.2) is 11.5 Å². The van der Waals surface area contributed by atoms with E-state index < -0.39 is 0 Å². The second-order valence-electron chi connectivity index (χ2n) is 6.08. The summed E-state index contributed by atoms with van der Waals surface area (Å²) in [6.07, 6.45) is 4.26. The quantitative estimate of drug-likeness (QED) is 0.659. The third-order valence-electron chi connectivity index (χ3n) is 4.13. The molecule has 4 heteroatoms. The minimum atomic E-state index is -0.0800. The summed E-state index contributed by atoms with van der Waals surface area (Å²) >= 11 is 0. The first kappa shape index (κ1) is 18.0. The van der Waals surface area contributed by atoms with Gasteiger partial charge >= 0.3 is 0 Å². The van der Waals surface area contributed by atoms with Gasteiger partial charge < -0.3 is 15.2 Å². The van der Waals surface area contributed by atoms with Crippen LogP contribution in [0.4, 0.5) is 0 Å². The largest absolute Gasteiger partial charge is 0.490 e. The minimum Gasteiger partial charge on any atom is -0.490 e. The molecule has 1 aromatic heterocycles. The van der Waals surface area contributed by atoms with E-state index in [1.54, 1.807) is 12.4 Å². The Morgan fingerprint density at radius 3 is 2.38 bits per heavy atom. The normalized spacial score (nSPS) is 11.8. The fraction of sp³-hybridized carbons (Fsp3) is 0.227. The Balaban J connectivity index is 1.71. The Morgan fingerprint density at radius 1 is 0.885 bits per heavy atom. The number of aromatic nitrogens is 1. The molecule has 26 heavy (non-hydrogen) atoms. The van der Waals surface area contributed by atoms with Crippen LogP contribution in [-0.2, 0) is 13.0 Å². The van der Waals surface area contributed by atoms with E-state index in [-0.39, 0.29) is 6.04 Å². The lowest BCUT2D eigenvalue weighted by molar-refractivity contribution is 0.269. The van der Waals surface area contributed by atoms with Crippen molar-refractivity contribution in [3.8, 4) is 11.5 Å². The van der Waals surface area contributed by atoms with Crippen molar-refractivity contribution < 1.29 is 9.47 Å². The van der Waals surface area contributed by atoms with Crippen LogP contribution in [0.5, 0.6) is 11.5 Å². The predicted molar refractivity (Wildman–Crippen MR) is 103 cm³/mol. The van der Waals surface area contributed by atoms with Crippen molar-refractivity contribution in [2.45, 2.75) is 26.0 Å². The lowest BCUT2D eigenvalue weighted by Crippen LogP contribution is -2.13. The van der Waals surface area contributed by atoms with Crippen molar-refractivity contribution in [1.82, 2.24) is 4.98 Å². The maximum absolute atomic E-state index is 6.32. The molecule has 0 saturated carbocycles. The van der Waals surface area contributed by atoms with E-state index in [2.05, 4.69) is 4.98 Å². The number of nitrogens with two attached hydrogens (primary N) is 1. The van der Waals surface area contributed by atoms with Crippen molar-refractivity contribution in [3.05, 3.63) is 89.7 Å². The summed E-state index contributed by atoms with van der Waals surface area (Å²) in [6.45, 7) is 3.06. The van der Waals surface area contributed by atoms with Gasteiger partial charge in [0.25, 0.3) is 0 Å². The van der Waals surface area contributed by atoms with Crippen LogP contribution in [0.25, 0.3) is 0 Å². The van der Waals surface area contributed by atoms with E-state index >= 15 is 0 Å². The van der Waals surface area contributed by atoms with Crippen molar-refractivity contribution in [2.75, 3.05) is 6.61 Å². The Morgan fingerprint density at radius 2 is 1.65 bits per heavy atom. The van der Waals surface area contributed by atoms with Gasteiger partial charge in [-0.1, -0.05) is 36.4 Å². The average molecular weight is 348 g/mol. The smallest absolute Gasteiger partial charge is 0.161 e. The highest BCUT2D eigenvalue weighted by Crippen LogP contribution is 2.30. The molecule has 0 saturated heterocycles. The first-order valence-corrected chi connectivity index (χ1v) is 8.84. The molecule has 0 bridgehead atoms. The van der Waals surface area contributed by atoms with Gasteiger partial charge in [0.05, 0.1) is 6.61 Å². The summed E-state index contributed by atoms with van der Waals surface area (Å²) in [5.74, 6) is 1.50. The Hall–Kier alpha value is -2.85. The molecule has 134 valence electrons. The molecule has 0 fully saturated rings. The lowest BCUT2D eigenvalue weighted by Gasteiger charge is -2.16. The van der Waals surface area contributed by atoms with Crippen molar-refractivity contribution in [3.63, 3.8) is 0 Å². The maximum atomic E-state index is 6.32. The third kappa shape index (κ3) is 4.83. The molecule has 4 nitrogen and oxygen atoms in total. The highest BCUT2D eigenvalue weighted by molar-refractivity contribution is 5.43. The number of rotatable bonds is 8. The first-order chi connectivity index (χ1) is 12.8. The summed E-state index contributed by atoms with van der Waals surface area (Å²) in [4.78, 5) is 4.04. The zero-order valence-corrected chi connectivity index (χ0v) is 15.0. The second-order valence-corrected chi connectivity index (χ2v) is 6.08. The molecular weight excluding hydrogens is 324 g/mol. The molecule has 1 unspecified atom stereocenters. The molecule has 0 spiro atoms. The van der Waals surface area contributed by atoms with Crippen LogP contribution in [0.15, 0.2) is 73.1 Å². The summed E-state index contributed by atoms with van der Waals surface area (Å²) in [6, 6.07) is 19.9. The van der Waals surface area contributed by atoms with Crippen molar-refractivity contribution in [2.24, 2.45) is 5.73 Å².